The van der Waals surface area contributed by atoms with Crippen LogP contribution in [0, 0.1) is 0 Å². The molecule has 0 spiro atoms. The molecule has 5 rings (SSSR count). The van der Waals surface area contributed by atoms with E-state index in [9.17, 15) is 106 Å². The highest BCUT2D eigenvalue weighted by Crippen LogP contribution is 2.38. The number of allylic oxidation sites excluding steroid dienone is 1. The number of carbonyl (C=O) groups excluding carboxylic acids is 2. The SMILES string of the molecule is CCCCCCCCCCCCC/C=C/[C@@H](O)[C@H](CO[C@@H]1OC(CO)[C@@H](O[C@@H]2OC(CO)[C@H](O)[C@H](O[C@@H]3OC(CO)[C@@H](O[C@@H]4OC(CO[C@]5(C(=O)O)CC(O)[C@@H](O)C([C@H](O)[C@H](O)CO)O5)[C@H](O)[C@H](O)C4O)[C@H](O)C3NC(C)=O)C2O)[C@H](O)C1O)NC(=O)CCCCCCCCCCCCCCCCCCCCC. The van der Waals surface area contributed by atoms with Crippen molar-refractivity contribution in [1.29, 1.82) is 0 Å². The first-order valence-electron chi connectivity index (χ1n) is 40.1. The maximum atomic E-state index is 13.5. The average molecular weight is 1560 g/mol. The minimum Gasteiger partial charge on any atom is -0.477 e. The molecule has 33 nitrogen and oxygen atoms in total. The zero-order chi connectivity index (χ0) is 79.3. The standard InChI is InChI=1S/C75H136N2O31/c1-4-6-8-10-12-14-16-18-19-20-21-22-23-25-27-29-31-33-35-37-54(86)77-46(47(83)36-34-32-30-28-26-24-17-15-13-11-9-7-5-2)43-99-71-64(95)62(93)67(52(42-81)103-71)106-73-65(96)68(59(90)50(40-79)101-73)107-70-55(76-45(3)82)60(91)66(51(41-80)102-70)105-72-63(94)61(92)58(89)53(104-72)44-100-75(74(97)98)38-48(84)56(87)69(108-75)57(88)49(85)39-78/h34,36,46-53,55-73,78-81,83-85,87-96H,4-33,35,37-44H2,1-3H3,(H,76,82)(H,77,86)(H,97,98)/b36-34+/t46-,47+,48?,49+,50?,51?,52?,53?,55?,56+,57+,58-,59-,60+,61-,62+,63?,64?,65?,66+,67+,68-,69?,70-,71+,72-,73-,75+/m0/s1. The summed E-state index contributed by atoms with van der Waals surface area (Å²) in [5, 5.41) is 202. The minimum atomic E-state index is -2.98. The summed E-state index contributed by atoms with van der Waals surface area (Å²) in [6.45, 7) is -0.210. The maximum Gasteiger partial charge on any atom is 0.364 e. The summed E-state index contributed by atoms with van der Waals surface area (Å²) in [5.74, 6) is -6.16. The predicted octanol–water partition coefficient (Wildman–Crippen LogP) is 0.374. The highest BCUT2D eigenvalue weighted by molar-refractivity contribution is 5.76. The molecule has 28 atom stereocenters. The number of nitrogens with one attached hydrogen (secondary N) is 2. The van der Waals surface area contributed by atoms with Gasteiger partial charge in [-0.05, 0) is 19.3 Å². The Morgan fingerprint density at radius 1 is 0.491 bits per heavy atom. The summed E-state index contributed by atoms with van der Waals surface area (Å²) in [5.41, 5.74) is 0. The van der Waals surface area contributed by atoms with Gasteiger partial charge in [-0.25, -0.2) is 4.79 Å². The molecule has 5 heterocycles. The quantitative estimate of drug-likeness (QED) is 0.0289. The van der Waals surface area contributed by atoms with Crippen molar-refractivity contribution in [2.75, 3.05) is 39.6 Å². The third-order valence-corrected chi connectivity index (χ3v) is 21.2. The third kappa shape index (κ3) is 30.4. The molecule has 0 radical (unpaired) electrons. The molecular weight excluding hydrogens is 1420 g/mol. The van der Waals surface area contributed by atoms with Crippen LogP contribution in [0.15, 0.2) is 12.2 Å². The summed E-state index contributed by atoms with van der Waals surface area (Å²) >= 11 is 0. The molecule has 0 aromatic rings. The molecule has 5 aliphatic rings. The van der Waals surface area contributed by atoms with Gasteiger partial charge in [0.05, 0.1) is 57.9 Å². The largest absolute Gasteiger partial charge is 0.477 e. The average Bonchev–Trinajstić information content (AvgIpc) is 0.779. The lowest BCUT2D eigenvalue weighted by Crippen LogP contribution is -2.70. The molecule has 108 heavy (non-hydrogen) atoms. The number of aliphatic hydroxyl groups excluding tert-OH is 17. The zero-order valence-corrected chi connectivity index (χ0v) is 63.7. The van der Waals surface area contributed by atoms with Crippen LogP contribution in [-0.4, -0.2) is 321 Å². The first-order valence-corrected chi connectivity index (χ1v) is 40.1. The van der Waals surface area contributed by atoms with Crippen molar-refractivity contribution in [3.05, 3.63) is 12.2 Å². The summed E-state index contributed by atoms with van der Waals surface area (Å²) in [6.07, 6.45) is -10.1. The second-order valence-electron chi connectivity index (χ2n) is 30.0. The number of amides is 2. The number of hydrogen-bond acceptors (Lipinski definition) is 30. The third-order valence-electron chi connectivity index (χ3n) is 21.2. The number of aliphatic hydroxyl groups is 17. The summed E-state index contributed by atoms with van der Waals surface area (Å²) in [7, 11) is 0. The molecule has 5 saturated heterocycles. The van der Waals surface area contributed by atoms with Gasteiger partial charge in [-0.3, -0.25) is 9.59 Å². The number of ether oxygens (including phenoxy) is 10. The van der Waals surface area contributed by atoms with Gasteiger partial charge in [-0.15, -0.1) is 0 Å². The van der Waals surface area contributed by atoms with Crippen molar-refractivity contribution < 1.29 is 154 Å². The molecule has 10 unspecified atom stereocenters. The van der Waals surface area contributed by atoms with Crippen molar-refractivity contribution in [2.45, 2.75) is 404 Å². The van der Waals surface area contributed by atoms with E-state index >= 15 is 0 Å². The first kappa shape index (κ1) is 95.7. The van der Waals surface area contributed by atoms with Crippen LogP contribution in [0.5, 0.6) is 0 Å². The Labute approximate surface area is 635 Å². The van der Waals surface area contributed by atoms with Crippen molar-refractivity contribution in [2.24, 2.45) is 0 Å². The number of hydrogen-bond donors (Lipinski definition) is 20. The molecule has 5 fully saturated rings. The number of carboxylic acid groups (broad SMARTS) is 1. The number of rotatable bonds is 55. The summed E-state index contributed by atoms with van der Waals surface area (Å²) in [6, 6.07) is -2.90. The molecule has 632 valence electrons. The van der Waals surface area contributed by atoms with Gasteiger partial charge in [-0.2, -0.15) is 0 Å². The summed E-state index contributed by atoms with van der Waals surface area (Å²) in [4.78, 5) is 39.0. The van der Waals surface area contributed by atoms with Gasteiger partial charge in [-0.1, -0.05) is 206 Å². The smallest absolute Gasteiger partial charge is 0.364 e. The van der Waals surface area contributed by atoms with Crippen LogP contribution >= 0.6 is 0 Å². The van der Waals surface area contributed by atoms with E-state index in [0.717, 1.165) is 58.3 Å². The Kier molecular flexibility index (Phi) is 45.9. The molecule has 0 saturated carbocycles. The van der Waals surface area contributed by atoms with Gasteiger partial charge in [0.25, 0.3) is 5.79 Å². The normalized spacial score (nSPS) is 34.5. The molecule has 5 aliphatic heterocycles. The highest BCUT2D eigenvalue weighted by atomic mass is 16.8. The van der Waals surface area contributed by atoms with Crippen LogP contribution in [0.4, 0.5) is 0 Å². The van der Waals surface area contributed by atoms with Gasteiger partial charge in [0.1, 0.15) is 122 Å². The number of unbranched alkanes of at least 4 members (excludes halogenated alkanes) is 29. The molecule has 2 amide bonds. The van der Waals surface area contributed by atoms with Gasteiger partial charge >= 0.3 is 5.97 Å². The molecule has 0 aliphatic carbocycles. The maximum absolute atomic E-state index is 13.5. The van der Waals surface area contributed by atoms with E-state index in [1.165, 1.54) is 135 Å². The van der Waals surface area contributed by atoms with Crippen LogP contribution in [0.25, 0.3) is 0 Å². The fraction of sp³-hybridized carbons (Fsp3) is 0.933. The van der Waals surface area contributed by atoms with E-state index in [1.54, 1.807) is 6.08 Å². The van der Waals surface area contributed by atoms with Gasteiger partial charge < -0.3 is 150 Å². The van der Waals surface area contributed by atoms with Crippen molar-refractivity contribution in [1.82, 2.24) is 10.6 Å². The molecular formula is C75H136N2O31. The fourth-order valence-corrected chi connectivity index (χ4v) is 14.5. The van der Waals surface area contributed by atoms with Crippen molar-refractivity contribution in [3.8, 4) is 0 Å². The first-order chi connectivity index (χ1) is 51.8. The number of carbonyl (C=O) groups is 3. The Morgan fingerprint density at radius 3 is 1.43 bits per heavy atom. The van der Waals surface area contributed by atoms with E-state index in [-0.39, 0.29) is 12.3 Å². The van der Waals surface area contributed by atoms with Crippen molar-refractivity contribution in [3.63, 3.8) is 0 Å². The van der Waals surface area contributed by atoms with E-state index in [0.29, 0.717) is 12.8 Å². The highest BCUT2D eigenvalue weighted by Gasteiger charge is 2.59. The van der Waals surface area contributed by atoms with Crippen LogP contribution in [0.1, 0.15) is 233 Å². The fourth-order valence-electron chi connectivity index (χ4n) is 14.5. The van der Waals surface area contributed by atoms with E-state index in [1.807, 2.05) is 6.08 Å². The van der Waals surface area contributed by atoms with E-state index in [2.05, 4.69) is 24.5 Å². The van der Waals surface area contributed by atoms with Gasteiger partial charge in [0, 0.05) is 19.8 Å². The molecule has 33 heteroatoms. The Bertz CT molecular complexity index is 2450. The van der Waals surface area contributed by atoms with Gasteiger partial charge in [0.15, 0.2) is 25.2 Å². The van der Waals surface area contributed by atoms with Crippen LogP contribution < -0.4 is 10.6 Å². The molecule has 0 aromatic heterocycles. The van der Waals surface area contributed by atoms with E-state index < -0.39 is 229 Å². The summed E-state index contributed by atoms with van der Waals surface area (Å²) < 4.78 is 58.1. The monoisotopic (exact) mass is 1560 g/mol. The van der Waals surface area contributed by atoms with E-state index in [4.69, 9.17) is 47.4 Å². The zero-order valence-electron chi connectivity index (χ0n) is 63.7. The number of carboxylic acids is 1. The molecule has 20 N–H and O–H groups in total. The minimum absolute atomic E-state index is 0.179. The molecule has 0 aromatic carbocycles. The Morgan fingerprint density at radius 2 is 0.935 bits per heavy atom. The lowest BCUT2D eigenvalue weighted by Gasteiger charge is -2.50. The van der Waals surface area contributed by atoms with Crippen LogP contribution in [-0.2, 0) is 61.8 Å². The second-order valence-corrected chi connectivity index (χ2v) is 30.0. The second kappa shape index (κ2) is 51.8. The Hall–Kier alpha value is -2.93. The van der Waals surface area contributed by atoms with Crippen LogP contribution in [0.2, 0.25) is 0 Å². The van der Waals surface area contributed by atoms with Crippen molar-refractivity contribution >= 4 is 17.8 Å². The lowest BCUT2D eigenvalue weighted by atomic mass is 9.90. The lowest BCUT2D eigenvalue weighted by molar-refractivity contribution is -0.383. The topological polar surface area (TPSA) is 532 Å². The predicted molar refractivity (Wildman–Crippen MR) is 385 cm³/mol. The van der Waals surface area contributed by atoms with Gasteiger partial charge in [0.2, 0.25) is 11.8 Å². The van der Waals surface area contributed by atoms with Crippen LogP contribution in [0.3, 0.4) is 0 Å². The Balaban J connectivity index is 1.19. The molecule has 0 bridgehead atoms. The number of aliphatic carboxylic acids is 1.